The number of nitrogens with one attached hydrogen (secondary N) is 1. The van der Waals surface area contributed by atoms with Crippen molar-refractivity contribution in [2.75, 3.05) is 11.8 Å². The topological polar surface area (TPSA) is 72.5 Å². The number of hydrogen-bond donors (Lipinski definition) is 1. The Kier molecular flexibility index (Phi) is 4.64. The lowest BCUT2D eigenvalue weighted by Gasteiger charge is -2.09. The SMILES string of the molecule is COC(=O)c1scc(C)c1NS(=O)(=O)Cc1ccccc1. The summed E-state index contributed by atoms with van der Waals surface area (Å²) in [5.41, 5.74) is 1.66. The van der Waals surface area contributed by atoms with Crippen LogP contribution in [0.5, 0.6) is 0 Å². The van der Waals surface area contributed by atoms with Crippen molar-refractivity contribution in [3.8, 4) is 0 Å². The lowest BCUT2D eigenvalue weighted by molar-refractivity contribution is 0.0607. The number of thiophene rings is 1. The van der Waals surface area contributed by atoms with E-state index in [1.807, 2.05) is 6.07 Å². The van der Waals surface area contributed by atoms with Crippen LogP contribution in [0, 0.1) is 6.92 Å². The highest BCUT2D eigenvalue weighted by Crippen LogP contribution is 2.29. The van der Waals surface area contributed by atoms with Gasteiger partial charge in [0.1, 0.15) is 4.88 Å². The van der Waals surface area contributed by atoms with Gasteiger partial charge in [0.15, 0.2) is 0 Å². The number of carbonyl (C=O) groups excluding carboxylic acids is 1. The molecule has 1 heterocycles. The Labute approximate surface area is 127 Å². The lowest BCUT2D eigenvalue weighted by Crippen LogP contribution is -2.17. The van der Waals surface area contributed by atoms with Crippen LogP contribution in [-0.2, 0) is 20.5 Å². The number of aryl methyl sites for hydroxylation is 1. The molecule has 0 aliphatic heterocycles. The van der Waals surface area contributed by atoms with Gasteiger partial charge in [0, 0.05) is 0 Å². The summed E-state index contributed by atoms with van der Waals surface area (Å²) in [5.74, 6) is -0.700. The molecule has 1 N–H and O–H groups in total. The van der Waals surface area contributed by atoms with Gasteiger partial charge in [0.25, 0.3) is 0 Å². The number of rotatable bonds is 5. The Bertz CT molecular complexity index is 736. The van der Waals surface area contributed by atoms with Crippen molar-refractivity contribution in [3.63, 3.8) is 0 Å². The van der Waals surface area contributed by atoms with Gasteiger partial charge in [-0.05, 0) is 23.4 Å². The molecule has 0 spiro atoms. The molecule has 5 nitrogen and oxygen atoms in total. The average molecular weight is 325 g/mol. The van der Waals surface area contributed by atoms with Gasteiger partial charge in [0.05, 0.1) is 18.6 Å². The molecule has 1 aromatic carbocycles. The van der Waals surface area contributed by atoms with E-state index in [0.717, 1.165) is 11.3 Å². The molecule has 0 radical (unpaired) electrons. The molecule has 112 valence electrons. The summed E-state index contributed by atoms with van der Waals surface area (Å²) >= 11 is 1.15. The molecular formula is C14H15NO4S2. The number of methoxy groups -OCH3 is 1. The zero-order valence-electron chi connectivity index (χ0n) is 11.6. The second kappa shape index (κ2) is 6.28. The summed E-state index contributed by atoms with van der Waals surface area (Å²) in [6.07, 6.45) is 0. The molecule has 0 aliphatic carbocycles. The molecular weight excluding hydrogens is 310 g/mol. The maximum absolute atomic E-state index is 12.2. The van der Waals surface area contributed by atoms with Crippen LogP contribution in [0.25, 0.3) is 0 Å². The molecule has 1 aromatic heterocycles. The summed E-state index contributed by atoms with van der Waals surface area (Å²) in [4.78, 5) is 11.9. The normalized spacial score (nSPS) is 11.1. The van der Waals surface area contributed by atoms with E-state index in [9.17, 15) is 13.2 Å². The van der Waals surface area contributed by atoms with E-state index in [1.165, 1.54) is 7.11 Å². The summed E-state index contributed by atoms with van der Waals surface area (Å²) < 4.78 is 31.6. The van der Waals surface area contributed by atoms with E-state index in [1.54, 1.807) is 36.6 Å². The minimum absolute atomic E-state index is 0.149. The first kappa shape index (κ1) is 15.5. The van der Waals surface area contributed by atoms with Crippen molar-refractivity contribution in [2.45, 2.75) is 12.7 Å². The number of sulfonamides is 1. The van der Waals surface area contributed by atoms with Crippen molar-refractivity contribution in [1.29, 1.82) is 0 Å². The van der Waals surface area contributed by atoms with E-state index in [4.69, 9.17) is 0 Å². The van der Waals surface area contributed by atoms with Gasteiger partial charge in [-0.1, -0.05) is 30.3 Å². The van der Waals surface area contributed by atoms with Gasteiger partial charge < -0.3 is 4.74 Å². The number of esters is 1. The molecule has 7 heteroatoms. The van der Waals surface area contributed by atoms with Gasteiger partial charge in [0.2, 0.25) is 10.0 Å². The summed E-state index contributed by atoms with van der Waals surface area (Å²) in [6.45, 7) is 1.74. The third-order valence-electron chi connectivity index (χ3n) is 2.80. The third-order valence-corrected chi connectivity index (χ3v) is 5.11. The first-order valence-electron chi connectivity index (χ1n) is 6.14. The Hall–Kier alpha value is -1.86. The van der Waals surface area contributed by atoms with Crippen LogP contribution in [0.15, 0.2) is 35.7 Å². The van der Waals surface area contributed by atoms with Crippen LogP contribution in [0.2, 0.25) is 0 Å². The predicted octanol–water partition coefficient (Wildman–Crippen LogP) is 2.79. The molecule has 0 amide bonds. The number of carbonyl (C=O) groups is 1. The maximum Gasteiger partial charge on any atom is 0.350 e. The first-order chi connectivity index (χ1) is 9.93. The van der Waals surface area contributed by atoms with Gasteiger partial charge in [-0.2, -0.15) is 0 Å². The van der Waals surface area contributed by atoms with Crippen molar-refractivity contribution >= 4 is 33.0 Å². The summed E-state index contributed by atoms with van der Waals surface area (Å²) in [5, 5.41) is 1.71. The highest BCUT2D eigenvalue weighted by Gasteiger charge is 2.21. The molecule has 0 saturated heterocycles. The van der Waals surface area contributed by atoms with Crippen LogP contribution in [0.4, 0.5) is 5.69 Å². The fourth-order valence-corrected chi connectivity index (χ4v) is 4.06. The minimum atomic E-state index is -3.60. The molecule has 0 atom stereocenters. The molecule has 2 aromatic rings. The van der Waals surface area contributed by atoms with Crippen LogP contribution in [0.1, 0.15) is 20.8 Å². The molecule has 0 fully saturated rings. The van der Waals surface area contributed by atoms with Gasteiger partial charge in [-0.25, -0.2) is 13.2 Å². The smallest absolute Gasteiger partial charge is 0.350 e. The number of hydrogen-bond acceptors (Lipinski definition) is 5. The quantitative estimate of drug-likeness (QED) is 0.858. The second-order valence-electron chi connectivity index (χ2n) is 4.46. The Morgan fingerprint density at radius 1 is 1.29 bits per heavy atom. The fraction of sp³-hybridized carbons (Fsp3) is 0.214. The monoisotopic (exact) mass is 325 g/mol. The van der Waals surface area contributed by atoms with Gasteiger partial charge in [-0.15, -0.1) is 11.3 Å². The number of anilines is 1. The molecule has 21 heavy (non-hydrogen) atoms. The fourth-order valence-electron chi connectivity index (χ4n) is 1.80. The van der Waals surface area contributed by atoms with Gasteiger partial charge in [-0.3, -0.25) is 4.72 Å². The summed E-state index contributed by atoms with van der Waals surface area (Å²) in [7, 11) is -2.33. The summed E-state index contributed by atoms with van der Waals surface area (Å²) in [6, 6.07) is 8.85. The van der Waals surface area contributed by atoms with E-state index < -0.39 is 16.0 Å². The standard InChI is InChI=1S/C14H15NO4S2/c1-10-8-20-13(14(16)19-2)12(10)15-21(17,18)9-11-6-4-3-5-7-11/h3-8,15H,9H2,1-2H3. The Morgan fingerprint density at radius 3 is 2.57 bits per heavy atom. The van der Waals surface area contributed by atoms with Crippen molar-refractivity contribution < 1.29 is 17.9 Å². The number of ether oxygens (including phenoxy) is 1. The average Bonchev–Trinajstić information content (AvgIpc) is 2.79. The molecule has 0 aliphatic rings. The highest BCUT2D eigenvalue weighted by molar-refractivity contribution is 7.91. The number of benzene rings is 1. The van der Waals surface area contributed by atoms with E-state index >= 15 is 0 Å². The van der Waals surface area contributed by atoms with E-state index in [2.05, 4.69) is 9.46 Å². The van der Waals surface area contributed by atoms with Crippen molar-refractivity contribution in [1.82, 2.24) is 0 Å². The van der Waals surface area contributed by atoms with E-state index in [0.29, 0.717) is 16.8 Å². The van der Waals surface area contributed by atoms with Gasteiger partial charge >= 0.3 is 5.97 Å². The Morgan fingerprint density at radius 2 is 1.95 bits per heavy atom. The zero-order chi connectivity index (χ0) is 15.5. The molecule has 2 rings (SSSR count). The highest BCUT2D eigenvalue weighted by atomic mass is 32.2. The molecule has 0 saturated carbocycles. The largest absolute Gasteiger partial charge is 0.465 e. The predicted molar refractivity (Wildman–Crippen MR) is 83.1 cm³/mol. The second-order valence-corrected chi connectivity index (χ2v) is 7.06. The van der Waals surface area contributed by atoms with Crippen LogP contribution in [0.3, 0.4) is 0 Å². The lowest BCUT2D eigenvalue weighted by atomic mass is 10.2. The minimum Gasteiger partial charge on any atom is -0.465 e. The van der Waals surface area contributed by atoms with E-state index in [-0.39, 0.29) is 10.6 Å². The maximum atomic E-state index is 12.2. The zero-order valence-corrected chi connectivity index (χ0v) is 13.3. The Balaban J connectivity index is 2.25. The van der Waals surface area contributed by atoms with Crippen molar-refractivity contribution in [3.05, 3.63) is 51.7 Å². The molecule has 0 unspecified atom stereocenters. The van der Waals surface area contributed by atoms with Crippen LogP contribution in [-0.4, -0.2) is 21.5 Å². The van der Waals surface area contributed by atoms with Crippen LogP contribution < -0.4 is 4.72 Å². The third kappa shape index (κ3) is 3.83. The van der Waals surface area contributed by atoms with Crippen molar-refractivity contribution in [2.24, 2.45) is 0 Å². The first-order valence-corrected chi connectivity index (χ1v) is 8.67. The molecule has 0 bridgehead atoms. The van der Waals surface area contributed by atoms with Crippen LogP contribution >= 0.6 is 11.3 Å².